The first-order valence-corrected chi connectivity index (χ1v) is 11.2. The highest BCUT2D eigenvalue weighted by atomic mass is 35.5. The molecule has 0 N–H and O–H groups in total. The van der Waals surface area contributed by atoms with E-state index in [2.05, 4.69) is 25.8 Å². The fourth-order valence-corrected chi connectivity index (χ4v) is 4.49. The minimum Gasteiger partial charge on any atom is -0.450 e. The highest BCUT2D eigenvalue weighted by molar-refractivity contribution is 6.31. The second-order valence-electron chi connectivity index (χ2n) is 9.46. The number of aryl methyl sites for hydroxylation is 1. The van der Waals surface area contributed by atoms with E-state index in [-0.39, 0.29) is 22.5 Å². The summed E-state index contributed by atoms with van der Waals surface area (Å²) in [5, 5.41) is 0.784. The highest BCUT2D eigenvalue weighted by Crippen LogP contribution is 2.41. The molecule has 6 heteroatoms. The fraction of sp³-hybridized carbons (Fsp3) is 0.222. The molecule has 3 heterocycles. The van der Waals surface area contributed by atoms with E-state index in [0.717, 1.165) is 16.7 Å². The van der Waals surface area contributed by atoms with Crippen molar-refractivity contribution >= 4 is 34.3 Å². The van der Waals surface area contributed by atoms with Gasteiger partial charge in [0.05, 0.1) is 17.0 Å². The third-order valence-corrected chi connectivity index (χ3v) is 6.31. The Kier molecular flexibility index (Phi) is 4.91. The van der Waals surface area contributed by atoms with Crippen LogP contribution in [0, 0.1) is 6.92 Å². The normalized spacial score (nSPS) is 15.8. The topological polar surface area (TPSA) is 63.4 Å². The summed E-state index contributed by atoms with van der Waals surface area (Å²) in [5.74, 6) is 0.128. The molecule has 5 nitrogen and oxygen atoms in total. The van der Waals surface area contributed by atoms with Gasteiger partial charge in [-0.3, -0.25) is 14.5 Å². The third kappa shape index (κ3) is 3.53. The standard InChI is InChI=1S/C27H23ClN2O3/c1-15-11-12-29-21(13-15)30-23(16-5-7-17(8-6-16)27(2,3)4)22-24(31)19-14-18(28)9-10-20(19)33-25(22)26(30)32/h5-14,23H,1-4H3. The molecule has 1 unspecified atom stereocenters. The number of carbonyl (C=O) groups excluding carboxylic acids is 1. The molecule has 1 aliphatic rings. The van der Waals surface area contributed by atoms with Crippen LogP contribution in [0.15, 0.2) is 70.0 Å². The van der Waals surface area contributed by atoms with E-state index in [0.29, 0.717) is 27.4 Å². The molecule has 0 saturated carbocycles. The number of benzene rings is 2. The Bertz CT molecular complexity index is 1470. The van der Waals surface area contributed by atoms with Crippen LogP contribution in [0.25, 0.3) is 11.0 Å². The smallest absolute Gasteiger partial charge is 0.296 e. The molecule has 1 atom stereocenters. The van der Waals surface area contributed by atoms with Crippen LogP contribution in [-0.4, -0.2) is 10.9 Å². The van der Waals surface area contributed by atoms with Crippen molar-refractivity contribution in [1.29, 1.82) is 0 Å². The zero-order valence-electron chi connectivity index (χ0n) is 18.8. The van der Waals surface area contributed by atoms with Gasteiger partial charge in [0.25, 0.3) is 5.91 Å². The third-order valence-electron chi connectivity index (χ3n) is 6.07. The molecule has 166 valence electrons. The van der Waals surface area contributed by atoms with Crippen molar-refractivity contribution in [1.82, 2.24) is 4.98 Å². The van der Waals surface area contributed by atoms with E-state index in [4.69, 9.17) is 16.0 Å². The van der Waals surface area contributed by atoms with Gasteiger partial charge in [-0.25, -0.2) is 4.98 Å². The van der Waals surface area contributed by atoms with E-state index < -0.39 is 6.04 Å². The maximum Gasteiger partial charge on any atom is 0.296 e. The first-order chi connectivity index (χ1) is 15.6. The second-order valence-corrected chi connectivity index (χ2v) is 9.89. The highest BCUT2D eigenvalue weighted by Gasteiger charge is 2.44. The lowest BCUT2D eigenvalue weighted by Crippen LogP contribution is -2.30. The molecule has 2 aromatic carbocycles. The summed E-state index contributed by atoms with van der Waals surface area (Å²) < 4.78 is 5.99. The van der Waals surface area contributed by atoms with E-state index in [9.17, 15) is 9.59 Å². The summed E-state index contributed by atoms with van der Waals surface area (Å²) in [6.07, 6.45) is 1.66. The maximum atomic E-state index is 13.7. The average Bonchev–Trinajstić information content (AvgIpc) is 3.06. The van der Waals surface area contributed by atoms with Gasteiger partial charge in [0.1, 0.15) is 11.4 Å². The molecule has 0 fully saturated rings. The SMILES string of the molecule is Cc1ccnc(N2C(=O)c3oc4ccc(Cl)cc4c(=O)c3C2c2ccc(C(C)(C)C)cc2)c1. The zero-order valence-corrected chi connectivity index (χ0v) is 19.6. The summed E-state index contributed by atoms with van der Waals surface area (Å²) in [5.41, 5.74) is 3.29. The summed E-state index contributed by atoms with van der Waals surface area (Å²) in [4.78, 5) is 33.3. The number of rotatable bonds is 2. The van der Waals surface area contributed by atoms with E-state index in [1.165, 1.54) is 0 Å². The largest absolute Gasteiger partial charge is 0.450 e. The van der Waals surface area contributed by atoms with Crippen LogP contribution in [0.1, 0.15) is 59.6 Å². The van der Waals surface area contributed by atoms with Crippen LogP contribution in [0.2, 0.25) is 5.02 Å². The molecule has 0 spiro atoms. The van der Waals surface area contributed by atoms with Crippen LogP contribution >= 0.6 is 11.6 Å². The maximum absolute atomic E-state index is 13.7. The van der Waals surface area contributed by atoms with Crippen molar-refractivity contribution in [2.24, 2.45) is 0 Å². The lowest BCUT2D eigenvalue weighted by molar-refractivity contribution is 0.0970. The number of halogens is 1. The van der Waals surface area contributed by atoms with Gasteiger partial charge in [-0.05, 0) is 59.4 Å². The van der Waals surface area contributed by atoms with Crippen molar-refractivity contribution in [2.75, 3.05) is 4.90 Å². The molecule has 2 aromatic heterocycles. The van der Waals surface area contributed by atoms with Gasteiger partial charge in [0.2, 0.25) is 5.76 Å². The number of nitrogens with zero attached hydrogens (tertiary/aromatic N) is 2. The summed E-state index contributed by atoms with van der Waals surface area (Å²) in [7, 11) is 0. The van der Waals surface area contributed by atoms with Crippen molar-refractivity contribution in [3.05, 3.63) is 104 Å². The molecule has 0 radical (unpaired) electrons. The second kappa shape index (κ2) is 7.56. The van der Waals surface area contributed by atoms with Gasteiger partial charge >= 0.3 is 0 Å². The van der Waals surface area contributed by atoms with Crippen molar-refractivity contribution in [3.8, 4) is 0 Å². The van der Waals surface area contributed by atoms with Crippen LogP contribution in [-0.2, 0) is 5.41 Å². The lowest BCUT2D eigenvalue weighted by atomic mass is 9.86. The molecule has 33 heavy (non-hydrogen) atoms. The van der Waals surface area contributed by atoms with Gasteiger partial charge in [-0.1, -0.05) is 56.6 Å². The van der Waals surface area contributed by atoms with Gasteiger partial charge in [0, 0.05) is 11.2 Å². The Balaban J connectivity index is 1.78. The van der Waals surface area contributed by atoms with Crippen LogP contribution in [0.3, 0.4) is 0 Å². The Morgan fingerprint density at radius 2 is 1.73 bits per heavy atom. The molecular weight excluding hydrogens is 436 g/mol. The molecule has 4 aromatic rings. The van der Waals surface area contributed by atoms with Crippen LogP contribution in [0.4, 0.5) is 5.82 Å². The number of aromatic nitrogens is 1. The summed E-state index contributed by atoms with van der Waals surface area (Å²) in [6, 6.07) is 15.9. The number of hydrogen-bond acceptors (Lipinski definition) is 4. The zero-order chi connectivity index (χ0) is 23.5. The number of pyridine rings is 1. The Hall–Kier alpha value is -3.44. The molecule has 5 rings (SSSR count). The van der Waals surface area contributed by atoms with E-state index in [1.54, 1.807) is 29.3 Å². The van der Waals surface area contributed by atoms with Gasteiger partial charge in [-0.2, -0.15) is 0 Å². The first kappa shape index (κ1) is 21.4. The number of amides is 1. The quantitative estimate of drug-likeness (QED) is 0.359. The molecule has 0 saturated heterocycles. The minimum atomic E-state index is -0.657. The Morgan fingerprint density at radius 1 is 1.00 bits per heavy atom. The van der Waals surface area contributed by atoms with E-state index in [1.807, 2.05) is 43.3 Å². The predicted octanol–water partition coefficient (Wildman–Crippen LogP) is 6.20. The number of carbonyl (C=O) groups is 1. The average molecular weight is 459 g/mol. The van der Waals surface area contributed by atoms with E-state index >= 15 is 0 Å². The molecule has 1 amide bonds. The molecule has 1 aliphatic heterocycles. The lowest BCUT2D eigenvalue weighted by Gasteiger charge is -2.25. The summed E-state index contributed by atoms with van der Waals surface area (Å²) >= 11 is 6.16. The van der Waals surface area contributed by atoms with Gasteiger partial charge in [-0.15, -0.1) is 0 Å². The fourth-order valence-electron chi connectivity index (χ4n) is 4.31. The van der Waals surface area contributed by atoms with Gasteiger partial charge < -0.3 is 4.42 Å². The minimum absolute atomic E-state index is 0.0221. The Morgan fingerprint density at radius 3 is 2.39 bits per heavy atom. The number of anilines is 1. The first-order valence-electron chi connectivity index (χ1n) is 10.8. The molecular formula is C27H23ClN2O3. The predicted molar refractivity (Wildman–Crippen MR) is 130 cm³/mol. The van der Waals surface area contributed by atoms with Crippen molar-refractivity contribution in [3.63, 3.8) is 0 Å². The molecule has 0 bridgehead atoms. The molecule has 0 aliphatic carbocycles. The van der Waals surface area contributed by atoms with Crippen molar-refractivity contribution < 1.29 is 9.21 Å². The Labute approximate surface area is 196 Å². The van der Waals surface area contributed by atoms with Gasteiger partial charge in [0.15, 0.2) is 5.43 Å². The van der Waals surface area contributed by atoms with Crippen LogP contribution < -0.4 is 10.3 Å². The number of hydrogen-bond donors (Lipinski definition) is 0. The van der Waals surface area contributed by atoms with Crippen LogP contribution in [0.5, 0.6) is 0 Å². The summed E-state index contributed by atoms with van der Waals surface area (Å²) in [6.45, 7) is 8.36. The van der Waals surface area contributed by atoms with Crippen molar-refractivity contribution in [2.45, 2.75) is 39.2 Å². The number of fused-ring (bicyclic) bond motifs is 2. The monoisotopic (exact) mass is 458 g/mol.